The van der Waals surface area contributed by atoms with Crippen molar-refractivity contribution in [3.8, 4) is 5.75 Å². The van der Waals surface area contributed by atoms with Crippen LogP contribution in [-0.2, 0) is 11.2 Å². The predicted molar refractivity (Wildman–Crippen MR) is 96.2 cm³/mol. The Balaban J connectivity index is 1.93. The van der Waals surface area contributed by atoms with Crippen molar-refractivity contribution in [2.45, 2.75) is 65.1 Å². The highest BCUT2D eigenvalue weighted by Gasteiger charge is 2.70. The maximum absolute atomic E-state index is 13.1. The molecule has 4 unspecified atom stereocenters. The molecule has 140 valence electrons. The highest BCUT2D eigenvalue weighted by Crippen LogP contribution is 2.63. The van der Waals surface area contributed by atoms with Crippen molar-refractivity contribution < 1.29 is 19.1 Å². The van der Waals surface area contributed by atoms with Gasteiger partial charge in [0.1, 0.15) is 17.1 Å². The maximum Gasteiger partial charge on any atom is 0.342 e. The molecule has 0 radical (unpaired) electrons. The number of fused-ring (bicyclic) bond motifs is 4. The third-order valence-corrected chi connectivity index (χ3v) is 7.39. The van der Waals surface area contributed by atoms with Gasteiger partial charge in [0.15, 0.2) is 5.78 Å². The number of carbonyl (C=O) groups is 1. The van der Waals surface area contributed by atoms with E-state index in [-0.39, 0.29) is 11.7 Å². The molecule has 0 bridgehead atoms. The van der Waals surface area contributed by atoms with E-state index in [1.54, 1.807) is 19.1 Å². The Bertz CT molecular complexity index is 894. The van der Waals surface area contributed by atoms with Crippen LogP contribution in [0.5, 0.6) is 5.75 Å². The van der Waals surface area contributed by atoms with E-state index in [9.17, 15) is 14.7 Å². The average molecular weight is 358 g/mol. The number of aryl methyl sites for hydroxylation is 1. The summed E-state index contributed by atoms with van der Waals surface area (Å²) < 4.78 is 11.6. The molecule has 2 aliphatic carbocycles. The van der Waals surface area contributed by atoms with Gasteiger partial charge in [-0.05, 0) is 46.1 Å². The van der Waals surface area contributed by atoms with Crippen LogP contribution in [0, 0.1) is 23.7 Å². The van der Waals surface area contributed by atoms with E-state index >= 15 is 0 Å². The Morgan fingerprint density at radius 1 is 1.15 bits per heavy atom. The molecule has 1 aromatic rings. The summed E-state index contributed by atoms with van der Waals surface area (Å²) in [4.78, 5) is 25.5. The minimum Gasteiger partial charge on any atom is -0.487 e. The Labute approximate surface area is 153 Å². The van der Waals surface area contributed by atoms with Crippen LogP contribution in [-0.4, -0.2) is 22.1 Å². The zero-order valence-corrected chi connectivity index (χ0v) is 16.0. The van der Waals surface area contributed by atoms with E-state index < -0.39 is 27.7 Å². The quantitative estimate of drug-likeness (QED) is 0.772. The van der Waals surface area contributed by atoms with E-state index in [4.69, 9.17) is 9.15 Å². The summed E-state index contributed by atoms with van der Waals surface area (Å²) in [6.07, 6.45) is 4.85. The van der Waals surface area contributed by atoms with Crippen molar-refractivity contribution in [1.29, 1.82) is 0 Å². The van der Waals surface area contributed by atoms with Crippen LogP contribution in [0.3, 0.4) is 0 Å². The van der Waals surface area contributed by atoms with Gasteiger partial charge in [0, 0.05) is 17.4 Å². The van der Waals surface area contributed by atoms with Crippen LogP contribution >= 0.6 is 0 Å². The molecule has 1 N–H and O–H groups in total. The normalized spacial score (nSPS) is 40.2. The second kappa shape index (κ2) is 4.89. The molecule has 26 heavy (non-hydrogen) atoms. The monoisotopic (exact) mass is 358 g/mol. The van der Waals surface area contributed by atoms with Gasteiger partial charge in [-0.1, -0.05) is 19.9 Å². The number of ketones is 1. The first kappa shape index (κ1) is 17.5. The van der Waals surface area contributed by atoms with Gasteiger partial charge in [-0.25, -0.2) is 4.79 Å². The van der Waals surface area contributed by atoms with E-state index in [1.807, 2.05) is 33.8 Å². The smallest absolute Gasteiger partial charge is 0.342 e. The standard InChI is InChI=1S/C21H26O5/c1-12-10-14-13(17(23)25-12)11-15-19(4,26-14)8-9-21(24)18(2,3)7-6-16(22)20(15,21)5/h6-7,10,15,24H,8-9,11H2,1-5H3. The number of ether oxygens (including phenoxy) is 1. The van der Waals surface area contributed by atoms with Crippen LogP contribution in [0.15, 0.2) is 27.4 Å². The molecule has 2 heterocycles. The number of hydrogen-bond donors (Lipinski definition) is 1. The van der Waals surface area contributed by atoms with Crippen LogP contribution in [0.25, 0.3) is 0 Å². The number of hydrogen-bond acceptors (Lipinski definition) is 5. The number of allylic oxidation sites excluding steroid dienone is 1. The fourth-order valence-electron chi connectivity index (χ4n) is 5.61. The van der Waals surface area contributed by atoms with Crippen LogP contribution in [0.1, 0.15) is 51.9 Å². The largest absolute Gasteiger partial charge is 0.487 e. The molecule has 1 saturated carbocycles. The molecule has 5 heteroatoms. The third kappa shape index (κ3) is 1.90. The fraction of sp³-hybridized carbons (Fsp3) is 0.619. The second-order valence-electron chi connectivity index (χ2n) is 9.14. The van der Waals surface area contributed by atoms with Crippen molar-refractivity contribution in [1.82, 2.24) is 0 Å². The van der Waals surface area contributed by atoms with Crippen molar-refractivity contribution in [2.24, 2.45) is 16.7 Å². The van der Waals surface area contributed by atoms with E-state index in [1.165, 1.54) is 0 Å². The topological polar surface area (TPSA) is 76.7 Å². The van der Waals surface area contributed by atoms with E-state index in [0.29, 0.717) is 36.3 Å². The molecule has 3 aliphatic rings. The van der Waals surface area contributed by atoms with Crippen molar-refractivity contribution in [2.75, 3.05) is 0 Å². The Morgan fingerprint density at radius 2 is 1.85 bits per heavy atom. The molecule has 0 aromatic carbocycles. The Hall–Kier alpha value is -1.88. The lowest BCUT2D eigenvalue weighted by molar-refractivity contribution is -0.230. The average Bonchev–Trinajstić information content (AvgIpc) is 2.54. The summed E-state index contributed by atoms with van der Waals surface area (Å²) in [6, 6.07) is 1.74. The third-order valence-electron chi connectivity index (χ3n) is 7.39. The lowest BCUT2D eigenvalue weighted by atomic mass is 9.43. The lowest BCUT2D eigenvalue weighted by Crippen LogP contribution is -2.72. The second-order valence-corrected chi connectivity index (χ2v) is 9.14. The summed E-state index contributed by atoms with van der Waals surface area (Å²) in [5.74, 6) is 0.638. The van der Waals surface area contributed by atoms with Gasteiger partial charge >= 0.3 is 5.63 Å². The maximum atomic E-state index is 13.1. The van der Waals surface area contributed by atoms with Gasteiger partial charge in [0.2, 0.25) is 0 Å². The number of aliphatic hydroxyl groups is 1. The Morgan fingerprint density at radius 3 is 2.54 bits per heavy atom. The van der Waals surface area contributed by atoms with Crippen molar-refractivity contribution in [3.63, 3.8) is 0 Å². The number of rotatable bonds is 0. The molecule has 1 aliphatic heterocycles. The predicted octanol–water partition coefficient (Wildman–Crippen LogP) is 2.95. The zero-order chi connectivity index (χ0) is 19.1. The fourth-order valence-corrected chi connectivity index (χ4v) is 5.61. The first-order valence-electron chi connectivity index (χ1n) is 9.23. The van der Waals surface area contributed by atoms with Gasteiger partial charge in [-0.15, -0.1) is 0 Å². The van der Waals surface area contributed by atoms with Gasteiger partial charge < -0.3 is 14.3 Å². The molecular formula is C21H26O5. The molecule has 0 saturated heterocycles. The summed E-state index contributed by atoms with van der Waals surface area (Å²) in [5.41, 5.74) is -3.35. The van der Waals surface area contributed by atoms with Crippen LogP contribution < -0.4 is 10.4 Å². The molecule has 4 atom stereocenters. The molecule has 4 rings (SSSR count). The van der Waals surface area contributed by atoms with Gasteiger partial charge in [-0.2, -0.15) is 0 Å². The SMILES string of the molecule is Cc1cc2c(c(=O)o1)CC1C(C)(CCC3(O)C(C)(C)C=CC(=O)C13C)O2. The van der Waals surface area contributed by atoms with E-state index in [0.717, 1.165) is 0 Å². The van der Waals surface area contributed by atoms with Crippen LogP contribution in [0.4, 0.5) is 0 Å². The summed E-state index contributed by atoms with van der Waals surface area (Å²) in [7, 11) is 0. The van der Waals surface area contributed by atoms with Crippen molar-refractivity contribution in [3.05, 3.63) is 40.0 Å². The highest BCUT2D eigenvalue weighted by molar-refractivity contribution is 5.97. The van der Waals surface area contributed by atoms with Crippen LogP contribution in [0.2, 0.25) is 0 Å². The van der Waals surface area contributed by atoms with Gasteiger partial charge in [0.25, 0.3) is 0 Å². The van der Waals surface area contributed by atoms with Gasteiger partial charge in [0.05, 0.1) is 16.6 Å². The first-order valence-corrected chi connectivity index (χ1v) is 9.23. The minimum atomic E-state index is -1.19. The van der Waals surface area contributed by atoms with E-state index in [2.05, 4.69) is 0 Å². The van der Waals surface area contributed by atoms with Crippen molar-refractivity contribution >= 4 is 5.78 Å². The lowest BCUT2D eigenvalue weighted by Gasteiger charge is -2.64. The summed E-state index contributed by atoms with van der Waals surface area (Å²) in [5, 5.41) is 11.7. The molecule has 1 fully saturated rings. The summed E-state index contributed by atoms with van der Waals surface area (Å²) in [6.45, 7) is 9.48. The minimum absolute atomic E-state index is 0.0983. The first-order chi connectivity index (χ1) is 11.9. The molecule has 1 aromatic heterocycles. The molecule has 5 nitrogen and oxygen atoms in total. The summed E-state index contributed by atoms with van der Waals surface area (Å²) >= 11 is 0. The highest BCUT2D eigenvalue weighted by atomic mass is 16.5. The Kier molecular flexibility index (Phi) is 3.29. The zero-order valence-electron chi connectivity index (χ0n) is 16.0. The molecular weight excluding hydrogens is 332 g/mol. The number of carbonyl (C=O) groups excluding carboxylic acids is 1. The molecule has 0 amide bonds. The van der Waals surface area contributed by atoms with Gasteiger partial charge in [-0.3, -0.25) is 4.79 Å². The molecule has 0 spiro atoms.